The van der Waals surface area contributed by atoms with Crippen LogP contribution in [0.3, 0.4) is 0 Å². The molecule has 0 bridgehead atoms. The van der Waals surface area contributed by atoms with Crippen molar-refractivity contribution >= 4 is 11.7 Å². The van der Waals surface area contributed by atoms with Gasteiger partial charge >= 0.3 is 0 Å². The van der Waals surface area contributed by atoms with Gasteiger partial charge in [0.15, 0.2) is 6.19 Å². The maximum Gasteiger partial charge on any atom is 0.251 e. The highest BCUT2D eigenvalue weighted by Crippen LogP contribution is 2.27. The smallest absolute Gasteiger partial charge is 0.251 e. The highest BCUT2D eigenvalue weighted by Gasteiger charge is 2.24. The number of likely N-dealkylation sites (tertiary alicyclic amines) is 1. The Balaban J connectivity index is 1.45. The number of amides is 1. The average molecular weight is 333 g/mol. The summed E-state index contributed by atoms with van der Waals surface area (Å²) in [4.78, 5) is 20.8. The first-order valence-electron chi connectivity index (χ1n) is 8.46. The van der Waals surface area contributed by atoms with Gasteiger partial charge in [-0.15, -0.1) is 0 Å². The zero-order valence-electron chi connectivity index (χ0n) is 13.9. The second-order valence-electron chi connectivity index (χ2n) is 6.53. The van der Waals surface area contributed by atoms with Gasteiger partial charge in [-0.3, -0.25) is 4.79 Å². The van der Waals surface area contributed by atoms with Gasteiger partial charge in [0.25, 0.3) is 5.91 Å². The first-order chi connectivity index (χ1) is 12.2. The van der Waals surface area contributed by atoms with Crippen molar-refractivity contribution in [3.63, 3.8) is 0 Å². The van der Waals surface area contributed by atoms with E-state index < -0.39 is 0 Å². The van der Waals surface area contributed by atoms with Gasteiger partial charge in [-0.1, -0.05) is 24.3 Å². The molecule has 1 amide bonds. The molecule has 6 nitrogen and oxygen atoms in total. The van der Waals surface area contributed by atoms with E-state index in [2.05, 4.69) is 33.5 Å². The standard InChI is InChI=1S/C19H19N5O/c20-13-23-8-6-17(12-23)22-19(25)14-5-7-21-18(9-14)24-10-15-3-1-2-4-16(15)11-24/h1-5,7,9,17H,6,8,10-12H2,(H,22,25)/t17-/m1/s1. The Hall–Kier alpha value is -3.07. The number of nitriles is 1. The van der Waals surface area contributed by atoms with Crippen LogP contribution in [0.25, 0.3) is 0 Å². The minimum Gasteiger partial charge on any atom is -0.348 e. The molecule has 4 rings (SSSR count). The van der Waals surface area contributed by atoms with Crippen molar-refractivity contribution in [1.82, 2.24) is 15.2 Å². The number of benzene rings is 1. The lowest BCUT2D eigenvalue weighted by Crippen LogP contribution is -2.36. The molecule has 1 atom stereocenters. The Kier molecular flexibility index (Phi) is 3.98. The van der Waals surface area contributed by atoms with Crippen LogP contribution in [0.5, 0.6) is 0 Å². The highest BCUT2D eigenvalue weighted by molar-refractivity contribution is 5.95. The van der Waals surface area contributed by atoms with Gasteiger partial charge in [0.05, 0.1) is 0 Å². The van der Waals surface area contributed by atoms with E-state index in [1.165, 1.54) is 11.1 Å². The van der Waals surface area contributed by atoms with Crippen molar-refractivity contribution in [2.45, 2.75) is 25.6 Å². The fourth-order valence-electron chi connectivity index (χ4n) is 3.47. The molecule has 2 aromatic rings. The largest absolute Gasteiger partial charge is 0.348 e. The number of carbonyl (C=O) groups is 1. The number of nitrogens with one attached hydrogen (secondary N) is 1. The van der Waals surface area contributed by atoms with Crippen molar-refractivity contribution in [2.75, 3.05) is 18.0 Å². The van der Waals surface area contributed by atoms with Crippen molar-refractivity contribution in [3.8, 4) is 6.19 Å². The summed E-state index contributed by atoms with van der Waals surface area (Å²) in [5.41, 5.74) is 3.22. The summed E-state index contributed by atoms with van der Waals surface area (Å²) in [5, 5.41) is 11.9. The van der Waals surface area contributed by atoms with E-state index in [1.807, 2.05) is 18.2 Å². The van der Waals surface area contributed by atoms with E-state index in [-0.39, 0.29) is 11.9 Å². The summed E-state index contributed by atoms with van der Waals surface area (Å²) >= 11 is 0. The summed E-state index contributed by atoms with van der Waals surface area (Å²) < 4.78 is 0. The molecule has 0 aliphatic carbocycles. The summed E-state index contributed by atoms with van der Waals surface area (Å²) in [6.45, 7) is 2.92. The van der Waals surface area contributed by atoms with Gasteiger partial charge in [-0.2, -0.15) is 5.26 Å². The third kappa shape index (κ3) is 3.13. The predicted octanol–water partition coefficient (Wildman–Crippen LogP) is 1.89. The first-order valence-corrected chi connectivity index (χ1v) is 8.46. The minimum absolute atomic E-state index is 0.0276. The second kappa shape index (κ2) is 6.44. The molecule has 2 aliphatic heterocycles. The molecule has 1 aromatic carbocycles. The molecule has 1 aromatic heterocycles. The molecule has 25 heavy (non-hydrogen) atoms. The second-order valence-corrected chi connectivity index (χ2v) is 6.53. The summed E-state index contributed by atoms with van der Waals surface area (Å²) in [5.74, 6) is 0.707. The number of hydrogen-bond donors (Lipinski definition) is 1. The van der Waals surface area contributed by atoms with Gasteiger partial charge in [-0.25, -0.2) is 4.98 Å². The molecule has 126 valence electrons. The molecule has 0 saturated carbocycles. The zero-order chi connectivity index (χ0) is 17.2. The summed E-state index contributed by atoms with van der Waals surface area (Å²) in [7, 11) is 0. The molecule has 0 spiro atoms. The monoisotopic (exact) mass is 333 g/mol. The van der Waals surface area contributed by atoms with E-state index in [0.29, 0.717) is 18.7 Å². The number of pyridine rings is 1. The maximum absolute atomic E-state index is 12.5. The van der Waals surface area contributed by atoms with Crippen molar-refractivity contribution in [1.29, 1.82) is 5.26 Å². The van der Waals surface area contributed by atoms with Crippen molar-refractivity contribution in [2.24, 2.45) is 0 Å². The lowest BCUT2D eigenvalue weighted by atomic mass is 10.1. The predicted molar refractivity (Wildman–Crippen MR) is 93.6 cm³/mol. The number of fused-ring (bicyclic) bond motifs is 1. The Morgan fingerprint density at radius 2 is 2.00 bits per heavy atom. The lowest BCUT2D eigenvalue weighted by molar-refractivity contribution is 0.0938. The number of hydrogen-bond acceptors (Lipinski definition) is 5. The average Bonchev–Trinajstić information content (AvgIpc) is 3.28. The number of carbonyl (C=O) groups excluding carboxylic acids is 1. The van der Waals surface area contributed by atoms with Crippen LogP contribution >= 0.6 is 0 Å². The van der Waals surface area contributed by atoms with Gasteiger partial charge in [0.1, 0.15) is 5.82 Å². The Morgan fingerprint density at radius 3 is 2.68 bits per heavy atom. The maximum atomic E-state index is 12.5. The molecule has 0 unspecified atom stereocenters. The van der Waals surface area contributed by atoms with Crippen LogP contribution in [-0.4, -0.2) is 34.9 Å². The fraction of sp³-hybridized carbons (Fsp3) is 0.316. The SMILES string of the molecule is N#CN1CC[C@@H](NC(=O)c2ccnc(N3Cc4ccccc4C3)c2)C1. The van der Waals surface area contributed by atoms with Crippen LogP contribution in [0.1, 0.15) is 27.9 Å². The highest BCUT2D eigenvalue weighted by atomic mass is 16.1. The van der Waals surface area contributed by atoms with Crippen LogP contribution in [0, 0.1) is 11.5 Å². The van der Waals surface area contributed by atoms with E-state index >= 15 is 0 Å². The molecular formula is C19H19N5O. The molecule has 1 fully saturated rings. The molecule has 0 radical (unpaired) electrons. The van der Waals surface area contributed by atoms with E-state index in [9.17, 15) is 4.79 Å². The van der Waals surface area contributed by atoms with Crippen molar-refractivity contribution in [3.05, 3.63) is 59.3 Å². The Bertz CT molecular complexity index is 819. The van der Waals surface area contributed by atoms with Crippen molar-refractivity contribution < 1.29 is 4.79 Å². The van der Waals surface area contributed by atoms with Crippen LogP contribution in [0.15, 0.2) is 42.6 Å². The third-order valence-corrected chi connectivity index (χ3v) is 4.84. The van der Waals surface area contributed by atoms with Gasteiger partial charge < -0.3 is 15.1 Å². The van der Waals surface area contributed by atoms with Crippen LogP contribution in [0.2, 0.25) is 0 Å². The van der Waals surface area contributed by atoms with Gasteiger partial charge in [-0.05, 0) is 29.7 Å². The lowest BCUT2D eigenvalue weighted by Gasteiger charge is -2.18. The molecule has 3 heterocycles. The third-order valence-electron chi connectivity index (χ3n) is 4.84. The van der Waals surface area contributed by atoms with E-state index in [4.69, 9.17) is 5.26 Å². The number of anilines is 1. The van der Waals surface area contributed by atoms with E-state index in [1.54, 1.807) is 17.2 Å². The van der Waals surface area contributed by atoms with Crippen LogP contribution in [-0.2, 0) is 13.1 Å². The van der Waals surface area contributed by atoms with Gasteiger partial charge in [0, 0.05) is 44.0 Å². The molecule has 2 aliphatic rings. The topological polar surface area (TPSA) is 72.3 Å². The fourth-order valence-corrected chi connectivity index (χ4v) is 3.47. The van der Waals surface area contributed by atoms with Crippen LogP contribution < -0.4 is 10.2 Å². The minimum atomic E-state index is -0.106. The molecule has 1 N–H and O–H groups in total. The Labute approximate surface area is 146 Å². The molecule has 1 saturated heterocycles. The van der Waals surface area contributed by atoms with E-state index in [0.717, 1.165) is 25.3 Å². The number of nitrogens with zero attached hydrogens (tertiary/aromatic N) is 4. The molecular weight excluding hydrogens is 314 g/mol. The Morgan fingerprint density at radius 1 is 1.24 bits per heavy atom. The number of rotatable bonds is 3. The summed E-state index contributed by atoms with van der Waals surface area (Å²) in [6.07, 6.45) is 4.62. The van der Waals surface area contributed by atoms with Crippen LogP contribution in [0.4, 0.5) is 5.82 Å². The number of aromatic nitrogens is 1. The quantitative estimate of drug-likeness (QED) is 0.869. The summed E-state index contributed by atoms with van der Waals surface area (Å²) in [6, 6.07) is 12.0. The normalized spacial score (nSPS) is 18.8. The zero-order valence-corrected chi connectivity index (χ0v) is 13.9. The molecule has 6 heteroatoms. The first kappa shape index (κ1) is 15.5. The van der Waals surface area contributed by atoms with Gasteiger partial charge in [0.2, 0.25) is 0 Å².